The van der Waals surface area contributed by atoms with Gasteiger partial charge in [-0.05, 0) is 12.3 Å². The summed E-state index contributed by atoms with van der Waals surface area (Å²) in [5.74, 6) is -0.732. The summed E-state index contributed by atoms with van der Waals surface area (Å²) in [6.45, 7) is 3.88. The fraction of sp³-hybridized carbons (Fsp3) is 0.714. The molecule has 2 amide bonds. The monoisotopic (exact) mass is 184 g/mol. The average molecular weight is 184 g/mol. The molecule has 0 aromatic rings. The highest BCUT2D eigenvalue weighted by Crippen LogP contribution is 2.03. The molecule has 0 unspecified atom stereocenters. The molecule has 0 aliphatic heterocycles. The van der Waals surface area contributed by atoms with Crippen LogP contribution in [0.15, 0.2) is 0 Å². The Balaban J connectivity index is 4.10. The van der Waals surface area contributed by atoms with E-state index in [1.54, 1.807) is 0 Å². The Kier molecular flexibility index (Phi) is 5.14. The van der Waals surface area contributed by atoms with Crippen LogP contribution < -0.4 is 16.7 Å². The maximum atomic E-state index is 10.8. The summed E-state index contributed by atoms with van der Waals surface area (Å²) in [6.07, 6.45) is 0.523. The maximum absolute atomic E-state index is 10.8. The van der Waals surface area contributed by atoms with Crippen LogP contribution in [0.25, 0.3) is 0 Å². The third kappa shape index (κ3) is 5.24. The number of hydrogen-bond donors (Lipinski definition) is 3. The van der Waals surface area contributed by atoms with E-state index in [0.717, 1.165) is 7.41 Å². The van der Waals surface area contributed by atoms with Crippen molar-refractivity contribution < 1.29 is 9.59 Å². The van der Waals surface area contributed by atoms with Crippen molar-refractivity contribution in [1.29, 1.82) is 0 Å². The number of amides is 2. The standard InChI is InChI=1S/C7H15BN3O2/c1-4(2)3-5(6(9)12)11-7(13)8-10/h4-5H,3,10H2,1-2H3,(H2,9,12)(H,11,13)/t5-/m0/s1. The minimum Gasteiger partial charge on any atom is -0.368 e. The molecule has 0 spiro atoms. The van der Waals surface area contributed by atoms with Gasteiger partial charge in [0, 0.05) is 0 Å². The van der Waals surface area contributed by atoms with Gasteiger partial charge in [-0.3, -0.25) is 9.59 Å². The molecule has 0 rings (SSSR count). The first kappa shape index (κ1) is 12.0. The van der Waals surface area contributed by atoms with Crippen LogP contribution in [0.2, 0.25) is 0 Å². The van der Waals surface area contributed by atoms with Gasteiger partial charge in [0.1, 0.15) is 6.04 Å². The Morgan fingerprint density at radius 3 is 2.31 bits per heavy atom. The van der Waals surface area contributed by atoms with Crippen LogP contribution in [0, 0.1) is 5.92 Å². The fourth-order valence-corrected chi connectivity index (χ4v) is 0.937. The van der Waals surface area contributed by atoms with E-state index in [0.29, 0.717) is 6.42 Å². The molecule has 0 bridgehead atoms. The highest BCUT2D eigenvalue weighted by molar-refractivity contribution is 6.70. The SMILES string of the molecule is CC(C)C[C@H](NC(=O)[B]N)C(N)=O. The van der Waals surface area contributed by atoms with Gasteiger partial charge in [0.05, 0.1) is 0 Å². The number of carbonyl (C=O) groups excluding carboxylic acids is 2. The fourth-order valence-electron chi connectivity index (χ4n) is 0.937. The Morgan fingerprint density at radius 2 is 2.00 bits per heavy atom. The molecule has 1 atom stereocenters. The van der Waals surface area contributed by atoms with E-state index >= 15 is 0 Å². The van der Waals surface area contributed by atoms with Crippen LogP contribution in [0.5, 0.6) is 0 Å². The van der Waals surface area contributed by atoms with E-state index in [4.69, 9.17) is 11.4 Å². The van der Waals surface area contributed by atoms with Crippen molar-refractivity contribution >= 4 is 19.1 Å². The molecule has 0 fully saturated rings. The van der Waals surface area contributed by atoms with Gasteiger partial charge in [-0.1, -0.05) is 13.8 Å². The summed E-state index contributed by atoms with van der Waals surface area (Å²) in [5.41, 5.74) is 10.0. The Morgan fingerprint density at radius 1 is 1.46 bits per heavy atom. The molecule has 5 N–H and O–H groups in total. The van der Waals surface area contributed by atoms with Crippen molar-refractivity contribution in [2.45, 2.75) is 26.3 Å². The summed E-state index contributed by atoms with van der Waals surface area (Å²) >= 11 is 0. The van der Waals surface area contributed by atoms with Gasteiger partial charge in [0.25, 0.3) is 0 Å². The largest absolute Gasteiger partial charge is 0.368 e. The number of primary amides is 1. The Bertz CT molecular complexity index is 196. The lowest BCUT2D eigenvalue weighted by Gasteiger charge is -2.16. The molecule has 0 saturated carbocycles. The lowest BCUT2D eigenvalue weighted by atomic mass is 9.94. The van der Waals surface area contributed by atoms with Crippen molar-refractivity contribution in [3.05, 3.63) is 0 Å². The van der Waals surface area contributed by atoms with Gasteiger partial charge >= 0.3 is 7.41 Å². The summed E-state index contributed by atoms with van der Waals surface area (Å²) in [5, 5.41) is 2.40. The van der Waals surface area contributed by atoms with Crippen LogP contribution in [0.3, 0.4) is 0 Å². The van der Waals surface area contributed by atoms with Crippen molar-refractivity contribution in [1.82, 2.24) is 5.32 Å². The van der Waals surface area contributed by atoms with Crippen LogP contribution in [0.4, 0.5) is 4.79 Å². The number of hydrogen-bond acceptors (Lipinski definition) is 3. The summed E-state index contributed by atoms with van der Waals surface area (Å²) in [7, 11) is 0.871. The first-order chi connectivity index (χ1) is 5.97. The number of nitrogens with two attached hydrogens (primary N) is 2. The smallest absolute Gasteiger partial charge is 0.323 e. The molecular formula is C7H15BN3O2. The molecule has 1 radical (unpaired) electrons. The minimum atomic E-state index is -0.632. The summed E-state index contributed by atoms with van der Waals surface area (Å²) in [6, 6.07) is -0.632. The van der Waals surface area contributed by atoms with Gasteiger partial charge in [0.15, 0.2) is 5.81 Å². The van der Waals surface area contributed by atoms with E-state index in [-0.39, 0.29) is 5.92 Å². The van der Waals surface area contributed by atoms with E-state index in [1.807, 2.05) is 13.8 Å². The zero-order valence-electron chi connectivity index (χ0n) is 7.91. The number of nitrogens with one attached hydrogen (secondary N) is 1. The predicted octanol–water partition coefficient (Wildman–Crippen LogP) is -0.826. The first-order valence-electron chi connectivity index (χ1n) is 4.12. The van der Waals surface area contributed by atoms with Gasteiger partial charge in [-0.15, -0.1) is 0 Å². The topological polar surface area (TPSA) is 98.2 Å². The van der Waals surface area contributed by atoms with Crippen molar-refractivity contribution in [3.8, 4) is 0 Å². The first-order valence-corrected chi connectivity index (χ1v) is 4.12. The Hall–Kier alpha value is -1.04. The summed E-state index contributed by atoms with van der Waals surface area (Å²) < 4.78 is 0. The highest BCUT2D eigenvalue weighted by atomic mass is 16.2. The molecule has 0 aromatic carbocycles. The number of carbonyl (C=O) groups is 2. The zero-order valence-corrected chi connectivity index (χ0v) is 7.91. The summed E-state index contributed by atoms with van der Waals surface area (Å²) in [4.78, 5) is 21.6. The van der Waals surface area contributed by atoms with Gasteiger partial charge in [0.2, 0.25) is 5.91 Å². The second-order valence-electron chi connectivity index (χ2n) is 3.26. The van der Waals surface area contributed by atoms with Crippen molar-refractivity contribution in [2.24, 2.45) is 17.3 Å². The lowest BCUT2D eigenvalue weighted by molar-refractivity contribution is -0.120. The lowest BCUT2D eigenvalue weighted by Crippen LogP contribution is -2.47. The van der Waals surface area contributed by atoms with E-state index in [9.17, 15) is 9.59 Å². The zero-order chi connectivity index (χ0) is 10.4. The van der Waals surface area contributed by atoms with Crippen molar-refractivity contribution in [2.75, 3.05) is 0 Å². The highest BCUT2D eigenvalue weighted by Gasteiger charge is 2.18. The molecule has 13 heavy (non-hydrogen) atoms. The average Bonchev–Trinajstić information content (AvgIpc) is 2.02. The molecule has 0 saturated heterocycles. The normalized spacial score (nSPS) is 12.3. The van der Waals surface area contributed by atoms with E-state index in [2.05, 4.69) is 5.32 Å². The molecular weight excluding hydrogens is 169 g/mol. The molecule has 5 nitrogen and oxygen atoms in total. The molecule has 0 aliphatic carbocycles. The Labute approximate surface area is 78.5 Å². The molecule has 0 aliphatic rings. The van der Waals surface area contributed by atoms with Gasteiger partial charge in [-0.25, -0.2) is 0 Å². The van der Waals surface area contributed by atoms with Crippen LogP contribution >= 0.6 is 0 Å². The quantitative estimate of drug-likeness (QED) is 0.486. The molecule has 0 heterocycles. The third-order valence-corrected chi connectivity index (χ3v) is 1.52. The minimum absolute atomic E-state index is 0.288. The molecule has 73 valence electrons. The van der Waals surface area contributed by atoms with E-state index < -0.39 is 17.8 Å². The maximum Gasteiger partial charge on any atom is 0.323 e. The number of rotatable bonds is 5. The van der Waals surface area contributed by atoms with Crippen LogP contribution in [-0.4, -0.2) is 25.2 Å². The predicted molar refractivity (Wildman–Crippen MR) is 50.9 cm³/mol. The van der Waals surface area contributed by atoms with Crippen molar-refractivity contribution in [3.63, 3.8) is 0 Å². The van der Waals surface area contributed by atoms with Gasteiger partial charge < -0.3 is 16.7 Å². The van der Waals surface area contributed by atoms with Gasteiger partial charge in [-0.2, -0.15) is 0 Å². The second-order valence-corrected chi connectivity index (χ2v) is 3.26. The molecule has 6 heteroatoms. The van der Waals surface area contributed by atoms with Crippen LogP contribution in [-0.2, 0) is 4.79 Å². The van der Waals surface area contributed by atoms with Crippen LogP contribution in [0.1, 0.15) is 20.3 Å². The second kappa shape index (κ2) is 5.58. The molecule has 0 aromatic heterocycles. The third-order valence-electron chi connectivity index (χ3n) is 1.52. The van der Waals surface area contributed by atoms with E-state index in [1.165, 1.54) is 0 Å².